The summed E-state index contributed by atoms with van der Waals surface area (Å²) in [5.41, 5.74) is 4.44. The number of nitrogens with zero attached hydrogens (tertiary/aromatic N) is 3. The minimum atomic E-state index is -0.489. The van der Waals surface area contributed by atoms with E-state index in [4.69, 9.17) is 5.21 Å². The molecule has 6 heteroatoms. The molecule has 0 bridgehead atoms. The van der Waals surface area contributed by atoms with E-state index in [1.54, 1.807) is 37.2 Å². The molecule has 2 rings (SSSR count). The summed E-state index contributed by atoms with van der Waals surface area (Å²) in [6.45, 7) is 3.93. The standard InChI is InChI=1S/C19H23N3O3/c1-13-12-16(8-11-18(23)21(5)25)14(2)22(13)17-9-6-15(7-10-17)19(24)20(3)4/h6-12,25H,1-5H3/b11-8+. The van der Waals surface area contributed by atoms with Crippen LogP contribution in [0.15, 0.2) is 36.4 Å². The summed E-state index contributed by atoms with van der Waals surface area (Å²) < 4.78 is 2.05. The third-order valence-electron chi connectivity index (χ3n) is 3.97. The van der Waals surface area contributed by atoms with E-state index < -0.39 is 5.91 Å². The fourth-order valence-electron chi connectivity index (χ4n) is 2.63. The van der Waals surface area contributed by atoms with Crippen molar-refractivity contribution in [1.82, 2.24) is 14.5 Å². The maximum absolute atomic E-state index is 12.0. The average molecular weight is 341 g/mol. The van der Waals surface area contributed by atoms with Gasteiger partial charge >= 0.3 is 0 Å². The van der Waals surface area contributed by atoms with Crippen molar-refractivity contribution in [2.75, 3.05) is 21.1 Å². The van der Waals surface area contributed by atoms with Gasteiger partial charge in [-0.1, -0.05) is 0 Å². The van der Waals surface area contributed by atoms with Gasteiger partial charge in [0.1, 0.15) is 0 Å². The van der Waals surface area contributed by atoms with E-state index in [9.17, 15) is 9.59 Å². The predicted molar refractivity (Wildman–Crippen MR) is 96.9 cm³/mol. The van der Waals surface area contributed by atoms with Crippen molar-refractivity contribution in [2.24, 2.45) is 0 Å². The van der Waals surface area contributed by atoms with Gasteiger partial charge in [-0.15, -0.1) is 0 Å². The number of carbonyl (C=O) groups excluding carboxylic acids is 2. The highest BCUT2D eigenvalue weighted by atomic mass is 16.5. The SMILES string of the molecule is Cc1cc(/C=C/C(=O)N(C)O)c(C)n1-c1ccc(C(=O)N(C)C)cc1. The molecule has 0 fully saturated rings. The number of carbonyl (C=O) groups is 2. The minimum Gasteiger partial charge on any atom is -0.345 e. The lowest BCUT2D eigenvalue weighted by atomic mass is 10.2. The second-order valence-electron chi connectivity index (χ2n) is 6.10. The highest BCUT2D eigenvalue weighted by molar-refractivity contribution is 5.94. The second-order valence-corrected chi connectivity index (χ2v) is 6.10. The molecule has 0 unspecified atom stereocenters. The Morgan fingerprint density at radius 2 is 1.68 bits per heavy atom. The van der Waals surface area contributed by atoms with E-state index in [1.165, 1.54) is 13.1 Å². The quantitative estimate of drug-likeness (QED) is 0.528. The Kier molecular flexibility index (Phi) is 5.44. The zero-order valence-corrected chi connectivity index (χ0v) is 15.1. The summed E-state index contributed by atoms with van der Waals surface area (Å²) in [4.78, 5) is 25.0. The van der Waals surface area contributed by atoms with Crippen LogP contribution in [0, 0.1) is 13.8 Å². The fourth-order valence-corrected chi connectivity index (χ4v) is 2.63. The van der Waals surface area contributed by atoms with Crippen molar-refractivity contribution in [2.45, 2.75) is 13.8 Å². The molecule has 25 heavy (non-hydrogen) atoms. The molecule has 0 radical (unpaired) electrons. The molecule has 0 spiro atoms. The van der Waals surface area contributed by atoms with Crippen molar-refractivity contribution in [3.63, 3.8) is 0 Å². The Hall–Kier alpha value is -2.86. The Labute approximate surface area is 147 Å². The number of hydrogen-bond donors (Lipinski definition) is 1. The molecule has 0 aliphatic heterocycles. The van der Waals surface area contributed by atoms with Gasteiger partial charge in [0.25, 0.3) is 11.8 Å². The van der Waals surface area contributed by atoms with Gasteiger partial charge in [-0.2, -0.15) is 0 Å². The van der Waals surface area contributed by atoms with Crippen LogP contribution in [0.2, 0.25) is 0 Å². The van der Waals surface area contributed by atoms with Crippen LogP contribution in [-0.4, -0.2) is 52.7 Å². The molecule has 0 atom stereocenters. The molecule has 2 aromatic rings. The zero-order valence-electron chi connectivity index (χ0n) is 15.1. The van der Waals surface area contributed by atoms with Gasteiger partial charge in [0, 0.05) is 49.9 Å². The maximum atomic E-state index is 12.0. The van der Waals surface area contributed by atoms with Crippen molar-refractivity contribution in [3.8, 4) is 5.69 Å². The number of likely N-dealkylation sites (N-methyl/N-ethyl adjacent to an activating group) is 1. The zero-order chi connectivity index (χ0) is 18.7. The fraction of sp³-hybridized carbons (Fsp3) is 0.263. The van der Waals surface area contributed by atoms with E-state index >= 15 is 0 Å². The first-order valence-electron chi connectivity index (χ1n) is 7.88. The molecule has 6 nitrogen and oxygen atoms in total. The highest BCUT2D eigenvalue weighted by Gasteiger charge is 2.12. The lowest BCUT2D eigenvalue weighted by Crippen LogP contribution is -2.21. The number of hydrogen-bond acceptors (Lipinski definition) is 3. The van der Waals surface area contributed by atoms with Crippen LogP contribution < -0.4 is 0 Å². The van der Waals surface area contributed by atoms with Crippen molar-refractivity contribution in [1.29, 1.82) is 0 Å². The Morgan fingerprint density at radius 1 is 1.08 bits per heavy atom. The Bertz CT molecular complexity index is 815. The summed E-state index contributed by atoms with van der Waals surface area (Å²) in [5, 5.41) is 9.65. The van der Waals surface area contributed by atoms with E-state index in [-0.39, 0.29) is 5.91 Å². The summed E-state index contributed by atoms with van der Waals surface area (Å²) in [6.07, 6.45) is 3.00. The van der Waals surface area contributed by atoms with Crippen LogP contribution in [0.25, 0.3) is 11.8 Å². The average Bonchev–Trinajstić information content (AvgIpc) is 2.85. The summed E-state index contributed by atoms with van der Waals surface area (Å²) in [7, 11) is 4.73. The number of amides is 2. The normalized spacial score (nSPS) is 11.0. The van der Waals surface area contributed by atoms with Crippen LogP contribution in [0.3, 0.4) is 0 Å². The van der Waals surface area contributed by atoms with Gasteiger partial charge in [-0.05, 0) is 55.8 Å². The molecule has 2 amide bonds. The van der Waals surface area contributed by atoms with Crippen LogP contribution in [0.1, 0.15) is 27.3 Å². The molecule has 0 aliphatic rings. The van der Waals surface area contributed by atoms with E-state index in [0.29, 0.717) is 10.6 Å². The van der Waals surface area contributed by atoms with Crippen molar-refractivity contribution >= 4 is 17.9 Å². The summed E-state index contributed by atoms with van der Waals surface area (Å²) in [5.74, 6) is -0.529. The van der Waals surface area contributed by atoms with Crippen LogP contribution >= 0.6 is 0 Å². The van der Waals surface area contributed by atoms with Crippen LogP contribution in [-0.2, 0) is 4.79 Å². The first-order chi connectivity index (χ1) is 11.7. The third kappa shape index (κ3) is 3.97. The summed E-state index contributed by atoms with van der Waals surface area (Å²) in [6, 6.07) is 9.37. The number of aromatic nitrogens is 1. The second kappa shape index (κ2) is 7.36. The number of benzene rings is 1. The third-order valence-corrected chi connectivity index (χ3v) is 3.97. The first kappa shape index (κ1) is 18.5. The molecule has 1 heterocycles. The van der Waals surface area contributed by atoms with Gasteiger partial charge in [-0.3, -0.25) is 14.8 Å². The van der Waals surface area contributed by atoms with Gasteiger partial charge in [0.15, 0.2) is 0 Å². The van der Waals surface area contributed by atoms with E-state index in [2.05, 4.69) is 4.57 Å². The van der Waals surface area contributed by atoms with Crippen molar-refractivity contribution in [3.05, 3.63) is 58.9 Å². The molecule has 0 saturated heterocycles. The molecular weight excluding hydrogens is 318 g/mol. The molecule has 1 N–H and O–H groups in total. The van der Waals surface area contributed by atoms with Crippen LogP contribution in [0.5, 0.6) is 0 Å². The Balaban J connectivity index is 2.34. The lowest BCUT2D eigenvalue weighted by molar-refractivity contribution is -0.153. The van der Waals surface area contributed by atoms with Gasteiger partial charge in [-0.25, -0.2) is 5.06 Å². The minimum absolute atomic E-state index is 0.0391. The van der Waals surface area contributed by atoms with E-state index in [0.717, 1.165) is 22.6 Å². The number of aryl methyl sites for hydroxylation is 1. The smallest absolute Gasteiger partial charge is 0.269 e. The molecule has 0 aliphatic carbocycles. The number of rotatable bonds is 4. The molecule has 0 saturated carbocycles. The Morgan fingerprint density at radius 3 is 2.20 bits per heavy atom. The first-order valence-corrected chi connectivity index (χ1v) is 7.88. The van der Waals surface area contributed by atoms with Gasteiger partial charge in [0.05, 0.1) is 0 Å². The van der Waals surface area contributed by atoms with Gasteiger partial charge < -0.3 is 9.47 Å². The topological polar surface area (TPSA) is 65.8 Å². The predicted octanol–water partition coefficient (Wildman–Crippen LogP) is 2.66. The molecule has 132 valence electrons. The van der Waals surface area contributed by atoms with Crippen LogP contribution in [0.4, 0.5) is 0 Å². The number of hydroxylamine groups is 2. The maximum Gasteiger partial charge on any atom is 0.269 e. The monoisotopic (exact) mass is 341 g/mol. The molecule has 1 aromatic heterocycles. The van der Waals surface area contributed by atoms with Crippen molar-refractivity contribution < 1.29 is 14.8 Å². The largest absolute Gasteiger partial charge is 0.345 e. The van der Waals surface area contributed by atoms with Gasteiger partial charge in [0.2, 0.25) is 0 Å². The van der Waals surface area contributed by atoms with E-state index in [1.807, 2.05) is 32.0 Å². The molecule has 1 aromatic carbocycles. The summed E-state index contributed by atoms with van der Waals surface area (Å²) >= 11 is 0. The highest BCUT2D eigenvalue weighted by Crippen LogP contribution is 2.22. The lowest BCUT2D eigenvalue weighted by Gasteiger charge is -2.13. The molecular formula is C19H23N3O3.